The maximum Gasteiger partial charge on any atom is 0.508 e. The van der Waals surface area contributed by atoms with Crippen LogP contribution >= 0.6 is 46.4 Å². The van der Waals surface area contributed by atoms with Crippen molar-refractivity contribution in [3.05, 3.63) is 0 Å². The molecule has 0 aromatic rings. The summed E-state index contributed by atoms with van der Waals surface area (Å²) in [6.45, 7) is 0.659. The Labute approximate surface area is 144 Å². The number of ketones is 2. The van der Waals surface area contributed by atoms with Crippen molar-refractivity contribution in [3.8, 4) is 0 Å². The van der Waals surface area contributed by atoms with E-state index in [1.54, 1.807) is 0 Å². The molecule has 1 aliphatic heterocycles. The highest BCUT2D eigenvalue weighted by atomic mass is 35.6. The minimum absolute atomic E-state index is 0.594. The smallest absolute Gasteiger partial charge is 0.430 e. The fraction of sp³-hybridized carbons (Fsp3) is 0.636. The predicted molar refractivity (Wildman–Crippen MR) is 76.0 cm³/mol. The van der Waals surface area contributed by atoms with E-state index in [4.69, 9.17) is 51.1 Å². The van der Waals surface area contributed by atoms with Crippen LogP contribution in [0.1, 0.15) is 6.92 Å². The number of carbonyl (C=O) groups excluding carboxylic acids is 4. The molecule has 0 spiro atoms. The average molecular weight is 393 g/mol. The second-order valence-electron chi connectivity index (χ2n) is 4.87. The Bertz CT molecular complexity index is 590. The summed E-state index contributed by atoms with van der Waals surface area (Å²) in [5.74, 6) is -2.65. The molecule has 1 aliphatic carbocycles. The highest BCUT2D eigenvalue weighted by molar-refractivity contribution is 6.69. The summed E-state index contributed by atoms with van der Waals surface area (Å²) in [6, 6.07) is 0. The molecule has 7 nitrogen and oxygen atoms in total. The van der Waals surface area contributed by atoms with Gasteiger partial charge in [-0.05, 0) is 6.92 Å². The summed E-state index contributed by atoms with van der Waals surface area (Å²) < 4.78 is 7.53. The number of Topliss-reactive ketones (excluding diaryl/α,β-unsaturated/α-hetero) is 2. The summed E-state index contributed by atoms with van der Waals surface area (Å²) in [7, 11) is 1.27. The monoisotopic (exact) mass is 391 g/mol. The fourth-order valence-corrected chi connectivity index (χ4v) is 3.29. The molecule has 0 aromatic heterocycles. The van der Waals surface area contributed by atoms with Crippen molar-refractivity contribution in [1.82, 2.24) is 4.90 Å². The van der Waals surface area contributed by atoms with Crippen molar-refractivity contribution >= 4 is 70.0 Å². The third-order valence-corrected chi connectivity index (χ3v) is 4.78. The first kappa shape index (κ1) is 17.6. The molecule has 1 amide bonds. The quantitative estimate of drug-likeness (QED) is 0.180. The molecule has 2 rings (SSSR count). The number of halogens is 4. The third kappa shape index (κ3) is 2.02. The Morgan fingerprint density at radius 3 is 2.32 bits per heavy atom. The van der Waals surface area contributed by atoms with E-state index in [-0.39, 0.29) is 0 Å². The van der Waals surface area contributed by atoms with Crippen molar-refractivity contribution < 1.29 is 28.7 Å². The van der Waals surface area contributed by atoms with E-state index in [0.29, 0.717) is 0 Å². The first-order valence-electron chi connectivity index (χ1n) is 5.87. The van der Waals surface area contributed by atoms with Crippen LogP contribution < -0.4 is 0 Å². The summed E-state index contributed by atoms with van der Waals surface area (Å²) >= 11 is 22.3. The van der Waals surface area contributed by atoms with Crippen LogP contribution in [0.5, 0.6) is 0 Å². The highest BCUT2D eigenvalue weighted by Gasteiger charge is 2.89. The van der Waals surface area contributed by atoms with Gasteiger partial charge in [0.25, 0.3) is 0 Å². The first-order chi connectivity index (χ1) is 9.90. The van der Waals surface area contributed by atoms with Gasteiger partial charge >= 0.3 is 6.16 Å². The molecular formula is C11H9Cl4NO6. The number of likely N-dealkylation sites (N-methyl/N-ethyl adjacent to an activating group) is 1. The van der Waals surface area contributed by atoms with Gasteiger partial charge in [-0.3, -0.25) is 14.4 Å². The molecule has 1 saturated heterocycles. The number of amides is 1. The first-order valence-corrected chi connectivity index (χ1v) is 7.38. The summed E-state index contributed by atoms with van der Waals surface area (Å²) in [4.78, 5) is 46.1. The molecule has 0 bridgehead atoms. The Morgan fingerprint density at radius 2 is 1.82 bits per heavy atom. The lowest BCUT2D eigenvalue weighted by molar-refractivity contribution is -0.212. The number of alkyl halides is 4. The van der Waals surface area contributed by atoms with Crippen LogP contribution in [0.15, 0.2) is 0 Å². The molecule has 122 valence electrons. The molecule has 1 heterocycles. The highest BCUT2D eigenvalue weighted by Crippen LogP contribution is 2.62. The van der Waals surface area contributed by atoms with E-state index >= 15 is 0 Å². The van der Waals surface area contributed by atoms with Crippen molar-refractivity contribution in [3.63, 3.8) is 0 Å². The molecule has 11 heteroatoms. The topological polar surface area (TPSA) is 90.0 Å². The third-order valence-electron chi connectivity index (χ3n) is 3.73. The fourth-order valence-electron chi connectivity index (χ4n) is 2.64. The van der Waals surface area contributed by atoms with E-state index in [2.05, 4.69) is 4.74 Å². The van der Waals surface area contributed by atoms with Crippen LogP contribution in [0.4, 0.5) is 4.79 Å². The SMILES string of the molecule is CC(OC(=O)OCC(Cl)(Cl)Cl)[C@@]12C(=O)C(=O)C1(Cl)N(C)C2=O. The molecular weight excluding hydrogens is 384 g/mol. The van der Waals surface area contributed by atoms with Gasteiger partial charge < -0.3 is 14.4 Å². The zero-order chi connectivity index (χ0) is 17.1. The second-order valence-corrected chi connectivity index (χ2v) is 7.93. The molecule has 0 N–H and O–H groups in total. The molecule has 2 aliphatic rings. The van der Waals surface area contributed by atoms with Gasteiger partial charge in [-0.25, -0.2) is 4.79 Å². The standard InChI is InChI=1S/C11H9Cl4NO6/c1-4(22-8(20)21-3-9(12,13)14)10-5(17)6(18)11(10,15)16(2)7(10)19/h4H,3H2,1-2H3/t4?,10-,11?/m0/s1. The largest absolute Gasteiger partial charge is 0.508 e. The number of β-lactam (4-membered cyclic amide) rings is 1. The zero-order valence-electron chi connectivity index (χ0n) is 11.2. The molecule has 0 aromatic carbocycles. The van der Waals surface area contributed by atoms with Gasteiger partial charge in [0.05, 0.1) is 0 Å². The van der Waals surface area contributed by atoms with E-state index in [1.807, 2.05) is 0 Å². The Balaban J connectivity index is 2.11. The van der Waals surface area contributed by atoms with E-state index in [0.717, 1.165) is 4.90 Å². The molecule has 3 atom stereocenters. The Kier molecular flexibility index (Phi) is 4.10. The number of piperidine rings is 1. The number of rotatable bonds is 3. The lowest BCUT2D eigenvalue weighted by Crippen LogP contribution is -2.92. The second kappa shape index (κ2) is 5.12. The molecule has 1 saturated carbocycles. The Hall–Kier alpha value is -0.760. The van der Waals surface area contributed by atoms with Gasteiger partial charge in [0.15, 0.2) is 5.41 Å². The van der Waals surface area contributed by atoms with Crippen molar-refractivity contribution in [2.45, 2.75) is 21.8 Å². The number of ether oxygens (including phenoxy) is 2. The van der Waals surface area contributed by atoms with E-state index in [1.165, 1.54) is 14.0 Å². The van der Waals surface area contributed by atoms with Gasteiger partial charge in [-0.1, -0.05) is 46.4 Å². The van der Waals surface area contributed by atoms with Gasteiger partial charge in [0.2, 0.25) is 26.3 Å². The average Bonchev–Trinajstić information content (AvgIpc) is 2.42. The van der Waals surface area contributed by atoms with Gasteiger partial charge in [-0.2, -0.15) is 0 Å². The van der Waals surface area contributed by atoms with Crippen molar-refractivity contribution in [2.24, 2.45) is 5.41 Å². The zero-order valence-corrected chi connectivity index (χ0v) is 14.2. The van der Waals surface area contributed by atoms with Crippen LogP contribution in [0.25, 0.3) is 0 Å². The Morgan fingerprint density at radius 1 is 1.27 bits per heavy atom. The van der Waals surface area contributed by atoms with Gasteiger partial charge in [-0.15, -0.1) is 0 Å². The van der Waals surface area contributed by atoms with Crippen molar-refractivity contribution in [1.29, 1.82) is 0 Å². The molecule has 2 unspecified atom stereocenters. The van der Waals surface area contributed by atoms with Crippen LogP contribution in [-0.2, 0) is 23.9 Å². The van der Waals surface area contributed by atoms with Crippen LogP contribution in [-0.4, -0.2) is 57.1 Å². The number of hydrogen-bond acceptors (Lipinski definition) is 6. The van der Waals surface area contributed by atoms with Crippen LogP contribution in [0, 0.1) is 5.41 Å². The normalized spacial score (nSPS) is 31.9. The summed E-state index contributed by atoms with van der Waals surface area (Å²) in [6.07, 6.45) is -2.58. The number of fused-ring (bicyclic) bond motifs is 1. The van der Waals surface area contributed by atoms with Crippen LogP contribution in [0.3, 0.4) is 0 Å². The minimum atomic E-state index is -1.93. The minimum Gasteiger partial charge on any atom is -0.430 e. The number of carbonyl (C=O) groups is 4. The summed E-state index contributed by atoms with van der Waals surface area (Å²) in [5, 5.41) is 0. The molecule has 2 fully saturated rings. The molecule has 22 heavy (non-hydrogen) atoms. The number of nitrogens with zero attached hydrogens (tertiary/aromatic N) is 1. The predicted octanol–water partition coefficient (Wildman–Crippen LogP) is 1.44. The maximum absolute atomic E-state index is 12.0. The lowest BCUT2D eigenvalue weighted by atomic mass is 9.51. The van der Waals surface area contributed by atoms with E-state index < -0.39 is 50.5 Å². The maximum atomic E-state index is 12.0. The van der Waals surface area contributed by atoms with Gasteiger partial charge in [0.1, 0.15) is 12.7 Å². The number of hydrogen-bond donors (Lipinski definition) is 0. The van der Waals surface area contributed by atoms with Crippen LogP contribution in [0.2, 0.25) is 0 Å². The van der Waals surface area contributed by atoms with Gasteiger partial charge in [0, 0.05) is 7.05 Å². The summed E-state index contributed by atoms with van der Waals surface area (Å²) in [5.41, 5.74) is -1.93. The van der Waals surface area contributed by atoms with Crippen molar-refractivity contribution in [2.75, 3.05) is 13.7 Å². The number of likely N-dealkylation sites (tertiary alicyclic amines) is 1. The molecule has 0 radical (unpaired) electrons. The lowest BCUT2D eigenvalue weighted by Gasteiger charge is -2.64. The van der Waals surface area contributed by atoms with E-state index in [9.17, 15) is 19.2 Å².